The molecule has 5 rings (SSSR count). The van der Waals surface area contributed by atoms with Gasteiger partial charge in [-0.15, -0.1) is 0 Å². The summed E-state index contributed by atoms with van der Waals surface area (Å²) in [5, 5.41) is 27.2. The maximum absolute atomic E-state index is 12.1. The van der Waals surface area contributed by atoms with Crippen LogP contribution in [0.1, 0.15) is 44.2 Å². The van der Waals surface area contributed by atoms with E-state index in [0.29, 0.717) is 18.5 Å². The number of hydrogen-bond acceptors (Lipinski definition) is 8. The van der Waals surface area contributed by atoms with Gasteiger partial charge in [0, 0.05) is 42.7 Å². The number of halogens is 1. The molecule has 3 aromatic heterocycles. The first-order valence-electron chi connectivity index (χ1n) is 12.4. The molecule has 1 aliphatic carbocycles. The first-order valence-corrected chi connectivity index (χ1v) is 13.2. The zero-order chi connectivity index (χ0) is 26.3. The molecule has 0 spiro atoms. The van der Waals surface area contributed by atoms with E-state index in [1.165, 1.54) is 0 Å². The zero-order valence-corrected chi connectivity index (χ0v) is 22.6. The molecule has 0 saturated heterocycles. The Balaban J connectivity index is 1.53. The van der Waals surface area contributed by atoms with Gasteiger partial charge in [0.15, 0.2) is 11.8 Å². The summed E-state index contributed by atoms with van der Waals surface area (Å²) >= 11 is 3.77. The van der Waals surface area contributed by atoms with Crippen LogP contribution in [0.15, 0.2) is 47.2 Å². The van der Waals surface area contributed by atoms with E-state index in [1.807, 2.05) is 60.2 Å². The van der Waals surface area contributed by atoms with Crippen LogP contribution in [0.3, 0.4) is 0 Å². The molecule has 0 amide bonds. The number of carbonyl (C=O) groups is 1. The number of carbonyl (C=O) groups excluding carboxylic acids is 1. The summed E-state index contributed by atoms with van der Waals surface area (Å²) in [6.45, 7) is 1.82. The van der Waals surface area contributed by atoms with Crippen molar-refractivity contribution in [3.63, 3.8) is 0 Å². The molecule has 1 unspecified atom stereocenters. The lowest BCUT2D eigenvalue weighted by Crippen LogP contribution is -2.49. The number of benzene rings is 1. The average Bonchev–Trinajstić information content (AvgIpc) is 3.31. The molecule has 194 valence electrons. The molecule has 1 fully saturated rings. The van der Waals surface area contributed by atoms with Gasteiger partial charge in [0.2, 0.25) is 0 Å². The summed E-state index contributed by atoms with van der Waals surface area (Å²) in [6, 6.07) is 10.1. The van der Waals surface area contributed by atoms with E-state index in [0.717, 1.165) is 38.0 Å². The maximum Gasteiger partial charge on any atom is 0.337 e. The number of rotatable bonds is 6. The Labute approximate surface area is 223 Å². The van der Waals surface area contributed by atoms with Gasteiger partial charge >= 0.3 is 5.97 Å². The molecule has 3 heterocycles. The monoisotopic (exact) mass is 567 g/mol. The minimum absolute atomic E-state index is 0.0187. The largest absolute Gasteiger partial charge is 0.464 e. The molecule has 4 aromatic rings. The van der Waals surface area contributed by atoms with Crippen molar-refractivity contribution in [1.29, 1.82) is 0 Å². The van der Waals surface area contributed by atoms with Crippen molar-refractivity contribution >= 4 is 44.3 Å². The third kappa shape index (κ3) is 4.58. The smallest absolute Gasteiger partial charge is 0.337 e. The van der Waals surface area contributed by atoms with E-state index < -0.39 is 17.7 Å². The molecule has 9 nitrogen and oxygen atoms in total. The van der Waals surface area contributed by atoms with E-state index in [9.17, 15) is 15.0 Å². The highest BCUT2D eigenvalue weighted by Gasteiger charge is 2.45. The standard InChI is InChI=1S/C27H30BrN5O4/c1-4-37-26(35)23(34)27(36)11-9-16(10-12-27)22-21(28)25(32(2)3)33-24(31-22)19(15-30-33)18-13-17-7-5-6-8-20(17)29-14-18/h5-8,13-16,23,34,36H,4,9-12H2,1-3H3. The lowest BCUT2D eigenvalue weighted by atomic mass is 9.74. The van der Waals surface area contributed by atoms with E-state index in [4.69, 9.17) is 9.72 Å². The Kier molecular flexibility index (Phi) is 6.91. The second-order valence-electron chi connectivity index (χ2n) is 9.77. The quantitative estimate of drug-likeness (QED) is 0.335. The van der Waals surface area contributed by atoms with Crippen LogP contribution in [0.5, 0.6) is 0 Å². The van der Waals surface area contributed by atoms with Gasteiger partial charge in [-0.1, -0.05) is 18.2 Å². The van der Waals surface area contributed by atoms with Crippen molar-refractivity contribution in [2.24, 2.45) is 0 Å². The number of esters is 1. The van der Waals surface area contributed by atoms with Gasteiger partial charge in [0.25, 0.3) is 0 Å². The van der Waals surface area contributed by atoms with Gasteiger partial charge in [-0.25, -0.2) is 9.78 Å². The minimum Gasteiger partial charge on any atom is -0.464 e. The molecule has 1 aromatic carbocycles. The molecule has 0 aliphatic heterocycles. The molecule has 1 saturated carbocycles. The second kappa shape index (κ2) is 10.00. The molecular weight excluding hydrogens is 538 g/mol. The second-order valence-corrected chi connectivity index (χ2v) is 10.6. The molecule has 2 N–H and O–H groups in total. The van der Waals surface area contributed by atoms with Crippen LogP contribution in [0.2, 0.25) is 0 Å². The highest BCUT2D eigenvalue weighted by atomic mass is 79.9. The van der Waals surface area contributed by atoms with Crippen molar-refractivity contribution in [3.05, 3.63) is 52.9 Å². The summed E-state index contributed by atoms with van der Waals surface area (Å²) < 4.78 is 7.58. The molecule has 37 heavy (non-hydrogen) atoms. The first-order chi connectivity index (χ1) is 17.7. The number of hydrogen-bond donors (Lipinski definition) is 2. The molecule has 10 heteroatoms. The number of ether oxygens (including phenoxy) is 1. The van der Waals surface area contributed by atoms with Crippen LogP contribution in [-0.4, -0.2) is 68.2 Å². The van der Waals surface area contributed by atoms with Crippen LogP contribution in [0.25, 0.3) is 27.7 Å². The Morgan fingerprint density at radius 3 is 2.70 bits per heavy atom. The summed E-state index contributed by atoms with van der Waals surface area (Å²) in [6.07, 6.45) is 3.73. The van der Waals surface area contributed by atoms with Crippen LogP contribution in [0.4, 0.5) is 5.82 Å². The van der Waals surface area contributed by atoms with Gasteiger partial charge in [0.1, 0.15) is 11.4 Å². The Morgan fingerprint density at radius 1 is 1.27 bits per heavy atom. The lowest BCUT2D eigenvalue weighted by molar-refractivity contribution is -0.173. The lowest BCUT2D eigenvalue weighted by Gasteiger charge is -2.38. The topological polar surface area (TPSA) is 113 Å². The van der Waals surface area contributed by atoms with Crippen LogP contribution in [-0.2, 0) is 9.53 Å². The summed E-state index contributed by atoms with van der Waals surface area (Å²) in [5.74, 6) is 0.0876. The number of aliphatic hydroxyl groups excluding tert-OH is 1. The maximum atomic E-state index is 12.1. The highest BCUT2D eigenvalue weighted by molar-refractivity contribution is 9.10. The number of aliphatic hydroxyl groups is 2. The van der Waals surface area contributed by atoms with Crippen molar-refractivity contribution in [2.75, 3.05) is 25.6 Å². The fourth-order valence-electron chi connectivity index (χ4n) is 5.16. The number of para-hydroxylation sites is 1. The van der Waals surface area contributed by atoms with Gasteiger partial charge in [-0.05, 0) is 60.7 Å². The number of pyridine rings is 1. The summed E-state index contributed by atoms with van der Waals surface area (Å²) in [5.41, 5.74) is 2.79. The molecule has 0 radical (unpaired) electrons. The molecule has 1 aliphatic rings. The van der Waals surface area contributed by atoms with Gasteiger partial charge in [-0.2, -0.15) is 9.61 Å². The normalized spacial score (nSPS) is 20.8. The third-order valence-corrected chi connectivity index (χ3v) is 7.93. The average molecular weight is 568 g/mol. The molecule has 0 bridgehead atoms. The van der Waals surface area contributed by atoms with Crippen molar-refractivity contribution in [1.82, 2.24) is 19.6 Å². The van der Waals surface area contributed by atoms with E-state index >= 15 is 0 Å². The SMILES string of the molecule is CCOC(=O)C(O)C1(O)CCC(c2nc3c(-c4cnc5ccccc5c4)cnn3c(N(C)C)c2Br)CC1. The Bertz CT molecular complexity index is 1460. The number of anilines is 1. The zero-order valence-electron chi connectivity index (χ0n) is 21.1. The summed E-state index contributed by atoms with van der Waals surface area (Å²) in [7, 11) is 3.91. The minimum atomic E-state index is -1.56. The Hall–Kier alpha value is -3.08. The van der Waals surface area contributed by atoms with E-state index in [2.05, 4.69) is 32.1 Å². The third-order valence-electron chi connectivity index (χ3n) is 7.17. The van der Waals surface area contributed by atoms with Crippen molar-refractivity contribution in [2.45, 2.75) is 50.2 Å². The van der Waals surface area contributed by atoms with Crippen LogP contribution < -0.4 is 4.90 Å². The number of nitrogens with zero attached hydrogens (tertiary/aromatic N) is 5. The number of fused-ring (bicyclic) bond motifs is 2. The van der Waals surface area contributed by atoms with Gasteiger partial charge < -0.3 is 19.8 Å². The first kappa shape index (κ1) is 25.6. The van der Waals surface area contributed by atoms with Gasteiger partial charge in [0.05, 0.1) is 28.5 Å². The fraction of sp³-hybridized carbons (Fsp3) is 0.407. The fourth-order valence-corrected chi connectivity index (χ4v) is 6.09. The van der Waals surface area contributed by atoms with Crippen molar-refractivity contribution < 1.29 is 19.7 Å². The highest BCUT2D eigenvalue weighted by Crippen LogP contribution is 2.44. The number of aromatic nitrogens is 4. The predicted molar refractivity (Wildman–Crippen MR) is 145 cm³/mol. The van der Waals surface area contributed by atoms with Crippen LogP contribution >= 0.6 is 15.9 Å². The van der Waals surface area contributed by atoms with Gasteiger partial charge in [-0.3, -0.25) is 4.98 Å². The predicted octanol–water partition coefficient (Wildman–Crippen LogP) is 4.09. The Morgan fingerprint density at radius 2 is 2.00 bits per heavy atom. The molecular formula is C27H30BrN5O4. The summed E-state index contributed by atoms with van der Waals surface area (Å²) in [4.78, 5) is 23.8. The van der Waals surface area contributed by atoms with E-state index in [1.54, 1.807) is 6.92 Å². The molecule has 1 atom stereocenters. The van der Waals surface area contributed by atoms with E-state index in [-0.39, 0.29) is 25.4 Å². The van der Waals surface area contributed by atoms with Crippen molar-refractivity contribution in [3.8, 4) is 11.1 Å². The van der Waals surface area contributed by atoms with Crippen LogP contribution in [0, 0.1) is 0 Å².